The van der Waals surface area contributed by atoms with Crippen LogP contribution in [0.2, 0.25) is 0 Å². The molecule has 2 aromatic rings. The molecule has 1 aromatic carbocycles. The number of likely N-dealkylation sites (tertiary alicyclic amines) is 1. The van der Waals surface area contributed by atoms with Gasteiger partial charge in [-0.25, -0.2) is 4.98 Å². The van der Waals surface area contributed by atoms with Crippen molar-refractivity contribution in [1.29, 1.82) is 0 Å². The summed E-state index contributed by atoms with van der Waals surface area (Å²) in [5.74, 6) is 1.89. The van der Waals surface area contributed by atoms with E-state index in [2.05, 4.69) is 4.98 Å². The first kappa shape index (κ1) is 16.6. The summed E-state index contributed by atoms with van der Waals surface area (Å²) in [6.07, 6.45) is -0.582. The monoisotopic (exact) mass is 352 g/mol. The maximum atomic E-state index is 13.0. The second-order valence-electron chi connectivity index (χ2n) is 6.89. The Morgan fingerprint density at radius 2 is 2.08 bits per heavy atom. The number of nitrogens with zero attached hydrogens (tertiary/aromatic N) is 2. The van der Waals surface area contributed by atoms with Crippen LogP contribution in [-0.4, -0.2) is 27.6 Å². The van der Waals surface area contributed by atoms with Crippen molar-refractivity contribution in [1.82, 2.24) is 9.88 Å². The van der Waals surface area contributed by atoms with Crippen molar-refractivity contribution in [2.45, 2.75) is 50.0 Å². The molecule has 4 nitrogen and oxygen atoms in total. The summed E-state index contributed by atoms with van der Waals surface area (Å²) in [5.41, 5.74) is -0.112. The summed E-state index contributed by atoms with van der Waals surface area (Å²) in [7, 11) is 0. The number of hydrogen-bond acceptors (Lipinski definition) is 4. The lowest BCUT2D eigenvalue weighted by molar-refractivity contribution is -0.137. The van der Waals surface area contributed by atoms with Crippen LogP contribution in [0.3, 0.4) is 0 Å². The molecule has 0 amide bonds. The molecule has 2 heterocycles. The van der Waals surface area contributed by atoms with Crippen molar-refractivity contribution in [2.75, 3.05) is 6.54 Å². The highest BCUT2D eigenvalue weighted by Crippen LogP contribution is 2.41. The van der Waals surface area contributed by atoms with E-state index in [0.717, 1.165) is 24.7 Å². The van der Waals surface area contributed by atoms with Gasteiger partial charge in [-0.3, -0.25) is 4.90 Å². The largest absolute Gasteiger partial charge is 0.444 e. The Hall–Kier alpha value is -1.86. The molecule has 7 heteroatoms. The molecule has 0 radical (unpaired) electrons. The minimum atomic E-state index is -4.38. The number of alkyl halides is 3. The summed E-state index contributed by atoms with van der Waals surface area (Å²) >= 11 is 0. The molecule has 0 bridgehead atoms. The van der Waals surface area contributed by atoms with Crippen molar-refractivity contribution in [3.8, 4) is 0 Å². The van der Waals surface area contributed by atoms with Gasteiger partial charge in [-0.15, -0.1) is 0 Å². The first-order chi connectivity index (χ1) is 11.9. The van der Waals surface area contributed by atoms with Crippen molar-refractivity contribution in [3.05, 3.63) is 53.2 Å². The van der Waals surface area contributed by atoms with E-state index in [-0.39, 0.29) is 6.04 Å². The number of aliphatic hydroxyl groups excluding tert-OH is 1. The molecule has 25 heavy (non-hydrogen) atoms. The van der Waals surface area contributed by atoms with Gasteiger partial charge < -0.3 is 9.52 Å². The van der Waals surface area contributed by atoms with Crippen LogP contribution in [0, 0.1) is 0 Å². The fourth-order valence-electron chi connectivity index (χ4n) is 3.45. The molecule has 4 rings (SSSR count). The van der Waals surface area contributed by atoms with E-state index in [4.69, 9.17) is 4.42 Å². The molecule has 1 aromatic heterocycles. The average Bonchev–Trinajstić information content (AvgIpc) is 3.20. The van der Waals surface area contributed by atoms with Crippen molar-refractivity contribution < 1.29 is 22.7 Å². The number of halogens is 3. The standard InChI is InChI=1S/C18H19F3N2O2/c19-18(20,21)13-3-1-2-12(6-13)15-7-14(24)9-23(15)10-17-22-8-16(25-17)11-4-5-11/h1-3,6,8,11,14-15,24H,4-5,7,9-10H2. The highest BCUT2D eigenvalue weighted by Gasteiger charge is 2.36. The highest BCUT2D eigenvalue weighted by atomic mass is 19.4. The molecule has 1 saturated carbocycles. The third-order valence-corrected chi connectivity index (χ3v) is 4.87. The number of rotatable bonds is 4. The summed E-state index contributed by atoms with van der Waals surface area (Å²) in [5, 5.41) is 10.0. The van der Waals surface area contributed by atoms with Gasteiger partial charge in [-0.2, -0.15) is 13.2 Å². The number of β-amino-alcohol motifs (C(OH)–C–C–N with tert-alkyl or cyclic N) is 1. The van der Waals surface area contributed by atoms with Crippen LogP contribution in [0.25, 0.3) is 0 Å². The SMILES string of the molecule is OC1CC(c2cccc(C(F)(F)F)c2)N(Cc2ncc(C3CC3)o2)C1. The van der Waals surface area contributed by atoms with Crippen LogP contribution in [0.5, 0.6) is 0 Å². The Labute approximate surface area is 143 Å². The van der Waals surface area contributed by atoms with Crippen molar-refractivity contribution in [3.63, 3.8) is 0 Å². The predicted molar refractivity (Wildman–Crippen MR) is 83.7 cm³/mol. The van der Waals surface area contributed by atoms with Crippen LogP contribution in [0.4, 0.5) is 13.2 Å². The van der Waals surface area contributed by atoms with Gasteiger partial charge >= 0.3 is 6.18 Å². The number of oxazole rings is 1. The van der Waals surface area contributed by atoms with E-state index in [1.165, 1.54) is 12.1 Å². The van der Waals surface area contributed by atoms with Gasteiger partial charge in [0.25, 0.3) is 0 Å². The fraction of sp³-hybridized carbons (Fsp3) is 0.500. The molecule has 134 valence electrons. The van der Waals surface area contributed by atoms with Gasteiger partial charge in [-0.05, 0) is 37.0 Å². The summed E-state index contributed by atoms with van der Waals surface area (Å²) < 4.78 is 44.7. The maximum absolute atomic E-state index is 13.0. The van der Waals surface area contributed by atoms with Crippen LogP contribution in [0.1, 0.15) is 54.0 Å². The lowest BCUT2D eigenvalue weighted by Crippen LogP contribution is -2.24. The number of benzene rings is 1. The summed E-state index contributed by atoms with van der Waals surface area (Å²) in [6.45, 7) is 0.771. The molecule has 1 N–H and O–H groups in total. The molecular weight excluding hydrogens is 333 g/mol. The van der Waals surface area contributed by atoms with E-state index in [0.29, 0.717) is 36.9 Å². The zero-order valence-corrected chi connectivity index (χ0v) is 13.5. The van der Waals surface area contributed by atoms with Gasteiger partial charge in [0.15, 0.2) is 0 Å². The number of aliphatic hydroxyl groups is 1. The van der Waals surface area contributed by atoms with Gasteiger partial charge in [0.05, 0.1) is 24.4 Å². The lowest BCUT2D eigenvalue weighted by atomic mass is 10.0. The van der Waals surface area contributed by atoms with E-state index in [1.54, 1.807) is 12.3 Å². The fourth-order valence-corrected chi connectivity index (χ4v) is 3.45. The lowest BCUT2D eigenvalue weighted by Gasteiger charge is -2.23. The zero-order chi connectivity index (χ0) is 17.6. The van der Waals surface area contributed by atoms with E-state index in [1.807, 2.05) is 4.90 Å². The molecule has 1 aliphatic heterocycles. The Balaban J connectivity index is 1.54. The quantitative estimate of drug-likeness (QED) is 0.907. The molecule has 1 aliphatic carbocycles. The Kier molecular flexibility index (Phi) is 4.08. The van der Waals surface area contributed by atoms with E-state index < -0.39 is 17.8 Å². The first-order valence-electron chi connectivity index (χ1n) is 8.44. The molecule has 0 spiro atoms. The number of hydrogen-bond donors (Lipinski definition) is 1. The molecule has 2 unspecified atom stereocenters. The summed E-state index contributed by atoms with van der Waals surface area (Å²) in [4.78, 5) is 6.21. The molecule has 2 fully saturated rings. The smallest absolute Gasteiger partial charge is 0.416 e. The van der Waals surface area contributed by atoms with Gasteiger partial charge in [0.1, 0.15) is 5.76 Å². The second-order valence-corrected chi connectivity index (χ2v) is 6.89. The van der Waals surface area contributed by atoms with Gasteiger partial charge in [0.2, 0.25) is 5.89 Å². The predicted octanol–water partition coefficient (Wildman–Crippen LogP) is 3.88. The highest BCUT2D eigenvalue weighted by molar-refractivity contribution is 5.29. The van der Waals surface area contributed by atoms with E-state index in [9.17, 15) is 18.3 Å². The van der Waals surface area contributed by atoms with Crippen LogP contribution in [0.15, 0.2) is 34.9 Å². The normalized spacial score (nSPS) is 24.8. The van der Waals surface area contributed by atoms with Crippen LogP contribution >= 0.6 is 0 Å². The summed E-state index contributed by atoms with van der Waals surface area (Å²) in [6, 6.07) is 5.04. The average molecular weight is 352 g/mol. The third-order valence-electron chi connectivity index (χ3n) is 4.87. The Morgan fingerprint density at radius 1 is 1.28 bits per heavy atom. The number of aromatic nitrogens is 1. The topological polar surface area (TPSA) is 49.5 Å². The second kappa shape index (κ2) is 6.14. The van der Waals surface area contributed by atoms with Crippen molar-refractivity contribution >= 4 is 0 Å². The van der Waals surface area contributed by atoms with E-state index >= 15 is 0 Å². The van der Waals surface area contributed by atoms with Gasteiger partial charge in [0, 0.05) is 18.5 Å². The molecule has 1 saturated heterocycles. The first-order valence-corrected chi connectivity index (χ1v) is 8.44. The Bertz CT molecular complexity index is 755. The zero-order valence-electron chi connectivity index (χ0n) is 13.5. The third kappa shape index (κ3) is 3.57. The van der Waals surface area contributed by atoms with Crippen molar-refractivity contribution in [2.24, 2.45) is 0 Å². The minimum Gasteiger partial charge on any atom is -0.444 e. The molecule has 2 aliphatic rings. The van der Waals surface area contributed by atoms with Gasteiger partial charge in [-0.1, -0.05) is 12.1 Å². The molecule has 2 atom stereocenters. The minimum absolute atomic E-state index is 0.284. The maximum Gasteiger partial charge on any atom is 0.416 e. The Morgan fingerprint density at radius 3 is 2.80 bits per heavy atom. The molecular formula is C18H19F3N2O2. The van der Waals surface area contributed by atoms with Crippen LogP contribution in [-0.2, 0) is 12.7 Å². The van der Waals surface area contributed by atoms with Crippen LogP contribution < -0.4 is 0 Å².